The van der Waals surface area contributed by atoms with Gasteiger partial charge in [-0.15, -0.1) is 0 Å². The highest BCUT2D eigenvalue weighted by molar-refractivity contribution is 5.78. The molecule has 2 aromatic rings. The quantitative estimate of drug-likeness (QED) is 0.870. The molecule has 0 unspecified atom stereocenters. The molecule has 0 bridgehead atoms. The minimum absolute atomic E-state index is 0.171. The van der Waals surface area contributed by atoms with E-state index in [1.807, 2.05) is 31.2 Å². The minimum atomic E-state index is 0.171. The number of aryl methyl sites for hydroxylation is 1. The van der Waals surface area contributed by atoms with Crippen molar-refractivity contribution in [3.8, 4) is 11.4 Å². The van der Waals surface area contributed by atoms with Gasteiger partial charge < -0.3 is 9.42 Å². The molecule has 0 aliphatic heterocycles. The number of carbonyl (C=O) groups is 1. The van der Waals surface area contributed by atoms with Crippen molar-refractivity contribution >= 4 is 5.91 Å². The zero-order valence-corrected chi connectivity index (χ0v) is 13.1. The lowest BCUT2D eigenvalue weighted by molar-refractivity contribution is -0.134. The number of carbonyl (C=O) groups excluding carboxylic acids is 1. The summed E-state index contributed by atoms with van der Waals surface area (Å²) in [6, 6.07) is 7.96. The lowest BCUT2D eigenvalue weighted by Crippen LogP contribution is -2.31. The van der Waals surface area contributed by atoms with E-state index in [0.717, 1.165) is 36.8 Å². The second-order valence-electron chi connectivity index (χ2n) is 6.06. The maximum absolute atomic E-state index is 12.3. The van der Waals surface area contributed by atoms with Gasteiger partial charge in [-0.05, 0) is 25.8 Å². The molecule has 3 rings (SSSR count). The predicted octanol–water partition coefficient (Wildman–Crippen LogP) is 3.19. The van der Waals surface area contributed by atoms with Gasteiger partial charge in [-0.25, -0.2) is 0 Å². The average molecular weight is 299 g/mol. The van der Waals surface area contributed by atoms with Crippen molar-refractivity contribution in [2.24, 2.45) is 5.92 Å². The molecule has 0 N–H and O–H groups in total. The third kappa shape index (κ3) is 3.18. The van der Waals surface area contributed by atoms with Gasteiger partial charge in [0.25, 0.3) is 0 Å². The standard InChI is InChI=1S/C17H21N3O2/c1-12-6-5-9-14(10-12)16-18-15(22-19-16)11-20(2)17(21)13-7-3-4-8-13/h5-6,9-10,13H,3-4,7-8,11H2,1-2H3. The maximum atomic E-state index is 12.3. The van der Waals surface area contributed by atoms with Crippen LogP contribution < -0.4 is 0 Å². The molecular formula is C17H21N3O2. The van der Waals surface area contributed by atoms with Crippen LogP contribution in [-0.4, -0.2) is 28.0 Å². The Labute approximate surface area is 130 Å². The number of amides is 1. The highest BCUT2D eigenvalue weighted by atomic mass is 16.5. The molecule has 5 nitrogen and oxygen atoms in total. The van der Waals surface area contributed by atoms with Crippen LogP contribution in [0.1, 0.15) is 37.1 Å². The summed E-state index contributed by atoms with van der Waals surface area (Å²) in [7, 11) is 1.80. The highest BCUT2D eigenvalue weighted by Crippen LogP contribution is 2.26. The third-order valence-electron chi connectivity index (χ3n) is 4.20. The Balaban J connectivity index is 1.67. The minimum Gasteiger partial charge on any atom is -0.337 e. The van der Waals surface area contributed by atoms with Crippen molar-refractivity contribution in [3.63, 3.8) is 0 Å². The lowest BCUT2D eigenvalue weighted by Gasteiger charge is -2.18. The number of nitrogens with zero attached hydrogens (tertiary/aromatic N) is 3. The Kier molecular flexibility index (Phi) is 4.22. The fourth-order valence-corrected chi connectivity index (χ4v) is 2.99. The lowest BCUT2D eigenvalue weighted by atomic mass is 10.1. The second kappa shape index (κ2) is 6.30. The Hall–Kier alpha value is -2.17. The first-order valence-corrected chi connectivity index (χ1v) is 7.78. The van der Waals surface area contributed by atoms with Crippen molar-refractivity contribution in [1.29, 1.82) is 0 Å². The van der Waals surface area contributed by atoms with Crippen LogP contribution in [-0.2, 0) is 11.3 Å². The molecule has 1 fully saturated rings. The van der Waals surface area contributed by atoms with Gasteiger partial charge in [-0.2, -0.15) is 4.98 Å². The van der Waals surface area contributed by atoms with Crippen LogP contribution in [0.4, 0.5) is 0 Å². The molecule has 1 heterocycles. The van der Waals surface area contributed by atoms with Crippen LogP contribution in [0, 0.1) is 12.8 Å². The number of rotatable bonds is 4. The fourth-order valence-electron chi connectivity index (χ4n) is 2.99. The largest absolute Gasteiger partial charge is 0.337 e. The molecule has 0 spiro atoms. The molecule has 1 aromatic carbocycles. The maximum Gasteiger partial charge on any atom is 0.246 e. The van der Waals surface area contributed by atoms with Gasteiger partial charge in [0.2, 0.25) is 17.6 Å². The molecule has 1 aliphatic rings. The molecule has 1 amide bonds. The van der Waals surface area contributed by atoms with Crippen LogP contribution in [0.5, 0.6) is 0 Å². The van der Waals surface area contributed by atoms with E-state index >= 15 is 0 Å². The van der Waals surface area contributed by atoms with Crippen LogP contribution in [0.2, 0.25) is 0 Å². The first kappa shape index (κ1) is 14.8. The van der Waals surface area contributed by atoms with E-state index in [0.29, 0.717) is 18.3 Å². The molecule has 116 valence electrons. The third-order valence-corrected chi connectivity index (χ3v) is 4.20. The summed E-state index contributed by atoms with van der Waals surface area (Å²) in [4.78, 5) is 18.4. The molecule has 0 radical (unpaired) electrons. The summed E-state index contributed by atoms with van der Waals surface area (Å²) in [5, 5.41) is 4.01. The van der Waals surface area contributed by atoms with Crippen molar-refractivity contribution in [2.75, 3.05) is 7.05 Å². The zero-order valence-electron chi connectivity index (χ0n) is 13.1. The molecule has 1 saturated carbocycles. The van der Waals surface area contributed by atoms with Gasteiger partial charge in [0.1, 0.15) is 0 Å². The highest BCUT2D eigenvalue weighted by Gasteiger charge is 2.26. The number of aromatic nitrogens is 2. The predicted molar refractivity (Wildman–Crippen MR) is 82.9 cm³/mol. The number of benzene rings is 1. The van der Waals surface area contributed by atoms with Crippen LogP contribution in [0.25, 0.3) is 11.4 Å². The fraction of sp³-hybridized carbons (Fsp3) is 0.471. The monoisotopic (exact) mass is 299 g/mol. The SMILES string of the molecule is Cc1cccc(-c2noc(CN(C)C(=O)C3CCCC3)n2)c1. The van der Waals surface area contributed by atoms with Gasteiger partial charge in [-0.3, -0.25) is 4.79 Å². The summed E-state index contributed by atoms with van der Waals surface area (Å²) in [6.45, 7) is 2.40. The van der Waals surface area contributed by atoms with Crippen LogP contribution in [0.15, 0.2) is 28.8 Å². The Morgan fingerprint density at radius 1 is 1.36 bits per heavy atom. The molecular weight excluding hydrogens is 278 g/mol. The molecule has 0 saturated heterocycles. The van der Waals surface area contributed by atoms with Gasteiger partial charge in [0, 0.05) is 18.5 Å². The van der Waals surface area contributed by atoms with Crippen molar-refractivity contribution in [2.45, 2.75) is 39.2 Å². The van der Waals surface area contributed by atoms with E-state index in [-0.39, 0.29) is 11.8 Å². The first-order chi connectivity index (χ1) is 10.6. The topological polar surface area (TPSA) is 59.2 Å². The Morgan fingerprint density at radius 3 is 2.86 bits per heavy atom. The molecule has 0 atom stereocenters. The van der Waals surface area contributed by atoms with E-state index < -0.39 is 0 Å². The van der Waals surface area contributed by atoms with Gasteiger partial charge in [-0.1, -0.05) is 41.8 Å². The van der Waals surface area contributed by atoms with Gasteiger partial charge >= 0.3 is 0 Å². The molecule has 1 aliphatic carbocycles. The van der Waals surface area contributed by atoms with E-state index in [1.165, 1.54) is 0 Å². The zero-order chi connectivity index (χ0) is 15.5. The summed E-state index contributed by atoms with van der Waals surface area (Å²) in [5.74, 6) is 1.41. The van der Waals surface area contributed by atoms with Crippen LogP contribution >= 0.6 is 0 Å². The van der Waals surface area contributed by atoms with Gasteiger partial charge in [0.05, 0.1) is 6.54 Å². The Bertz CT molecular complexity index is 659. The summed E-state index contributed by atoms with van der Waals surface area (Å²) in [5.41, 5.74) is 2.08. The summed E-state index contributed by atoms with van der Waals surface area (Å²) < 4.78 is 5.29. The van der Waals surface area contributed by atoms with E-state index in [2.05, 4.69) is 10.1 Å². The van der Waals surface area contributed by atoms with Gasteiger partial charge in [0.15, 0.2) is 0 Å². The van der Waals surface area contributed by atoms with Crippen molar-refractivity contribution in [3.05, 3.63) is 35.7 Å². The summed E-state index contributed by atoms with van der Waals surface area (Å²) >= 11 is 0. The molecule has 22 heavy (non-hydrogen) atoms. The van der Waals surface area contributed by atoms with Crippen LogP contribution in [0.3, 0.4) is 0 Å². The van der Waals surface area contributed by atoms with Crippen molar-refractivity contribution < 1.29 is 9.32 Å². The second-order valence-corrected chi connectivity index (χ2v) is 6.06. The van der Waals surface area contributed by atoms with E-state index in [4.69, 9.17) is 4.52 Å². The smallest absolute Gasteiger partial charge is 0.246 e. The number of hydrogen-bond donors (Lipinski definition) is 0. The van der Waals surface area contributed by atoms with E-state index in [9.17, 15) is 4.79 Å². The molecule has 1 aromatic heterocycles. The average Bonchev–Trinajstić information content (AvgIpc) is 3.18. The number of hydrogen-bond acceptors (Lipinski definition) is 4. The van der Waals surface area contributed by atoms with E-state index in [1.54, 1.807) is 11.9 Å². The normalized spacial score (nSPS) is 15.2. The first-order valence-electron chi connectivity index (χ1n) is 7.78. The summed E-state index contributed by atoms with van der Waals surface area (Å²) in [6.07, 6.45) is 4.31. The molecule has 5 heteroatoms. The Morgan fingerprint density at radius 2 is 2.14 bits per heavy atom. The van der Waals surface area contributed by atoms with Crippen molar-refractivity contribution in [1.82, 2.24) is 15.0 Å².